The van der Waals surface area contributed by atoms with E-state index in [0.29, 0.717) is 0 Å². The summed E-state index contributed by atoms with van der Waals surface area (Å²) < 4.78 is 5.30. The van der Waals surface area contributed by atoms with Crippen LogP contribution in [0.2, 0.25) is 0 Å². The van der Waals surface area contributed by atoms with Crippen molar-refractivity contribution in [3.8, 4) is 0 Å². The van der Waals surface area contributed by atoms with Crippen LogP contribution in [0.25, 0.3) is 0 Å². The van der Waals surface area contributed by atoms with Crippen molar-refractivity contribution in [2.75, 3.05) is 7.11 Å². The van der Waals surface area contributed by atoms with Gasteiger partial charge >= 0.3 is 0 Å². The molecule has 0 aromatic carbocycles. The molecule has 1 atom stereocenters. The molecule has 1 aliphatic carbocycles. The highest BCUT2D eigenvalue weighted by atomic mass is 16.5. The number of carbonyl (C=O) groups excluding carboxylic acids is 1. The number of ether oxygens (including phenoxy) is 1. The van der Waals surface area contributed by atoms with E-state index in [4.69, 9.17) is 4.74 Å². The Kier molecular flexibility index (Phi) is 2.06. The maximum atomic E-state index is 10.9. The largest absolute Gasteiger partial charge is 0.370 e. The van der Waals surface area contributed by atoms with E-state index in [-0.39, 0.29) is 5.41 Å². The summed E-state index contributed by atoms with van der Waals surface area (Å²) in [6, 6.07) is 0. The SMILES string of the molecule is COC1(C=O)CCCC1(C)C. The van der Waals surface area contributed by atoms with Gasteiger partial charge < -0.3 is 9.53 Å². The Hall–Kier alpha value is -0.370. The van der Waals surface area contributed by atoms with Crippen molar-refractivity contribution >= 4 is 6.29 Å². The van der Waals surface area contributed by atoms with E-state index in [0.717, 1.165) is 25.5 Å². The third-order valence-corrected chi connectivity index (χ3v) is 3.05. The Morgan fingerprint density at radius 3 is 2.18 bits per heavy atom. The molecule has 0 aliphatic heterocycles. The number of aldehydes is 1. The van der Waals surface area contributed by atoms with Crippen LogP contribution in [0.5, 0.6) is 0 Å². The fraction of sp³-hybridized carbons (Fsp3) is 0.889. The molecule has 2 heteroatoms. The first kappa shape index (κ1) is 8.72. The van der Waals surface area contributed by atoms with Gasteiger partial charge in [-0.25, -0.2) is 0 Å². The van der Waals surface area contributed by atoms with Crippen molar-refractivity contribution in [3.05, 3.63) is 0 Å². The third-order valence-electron chi connectivity index (χ3n) is 3.05. The zero-order valence-electron chi connectivity index (χ0n) is 7.52. The van der Waals surface area contributed by atoms with Crippen LogP contribution in [0.1, 0.15) is 33.1 Å². The highest BCUT2D eigenvalue weighted by Gasteiger charge is 2.49. The molecule has 0 radical (unpaired) electrons. The summed E-state index contributed by atoms with van der Waals surface area (Å²) in [5.41, 5.74) is -0.490. The standard InChI is InChI=1S/C9H16O2/c1-8(2)5-4-6-9(8,7-10)11-3/h7H,4-6H2,1-3H3. The first-order valence-corrected chi connectivity index (χ1v) is 4.09. The van der Waals surface area contributed by atoms with Crippen molar-refractivity contribution in [2.45, 2.75) is 38.7 Å². The molecule has 0 aromatic rings. The Morgan fingerprint density at radius 1 is 1.36 bits per heavy atom. The molecule has 1 saturated carbocycles. The highest BCUT2D eigenvalue weighted by molar-refractivity contribution is 5.65. The van der Waals surface area contributed by atoms with Crippen LogP contribution in [0, 0.1) is 5.41 Å². The molecule has 0 amide bonds. The number of methoxy groups -OCH3 is 1. The predicted octanol–water partition coefficient (Wildman–Crippen LogP) is 1.78. The van der Waals surface area contributed by atoms with Crippen LogP contribution in [0.3, 0.4) is 0 Å². The molecule has 64 valence electrons. The second kappa shape index (κ2) is 2.59. The predicted molar refractivity (Wildman–Crippen MR) is 43.4 cm³/mol. The zero-order valence-corrected chi connectivity index (χ0v) is 7.52. The third kappa shape index (κ3) is 1.09. The van der Waals surface area contributed by atoms with Crippen molar-refractivity contribution < 1.29 is 9.53 Å². The van der Waals surface area contributed by atoms with Gasteiger partial charge in [-0.2, -0.15) is 0 Å². The maximum Gasteiger partial charge on any atom is 0.152 e. The van der Waals surface area contributed by atoms with Crippen LogP contribution in [-0.2, 0) is 9.53 Å². The molecule has 0 aromatic heterocycles. The van der Waals surface area contributed by atoms with Gasteiger partial charge in [-0.15, -0.1) is 0 Å². The minimum absolute atomic E-state index is 0.0174. The maximum absolute atomic E-state index is 10.9. The van der Waals surface area contributed by atoms with Gasteiger partial charge in [-0.3, -0.25) is 0 Å². The van der Waals surface area contributed by atoms with Crippen molar-refractivity contribution in [1.29, 1.82) is 0 Å². The van der Waals surface area contributed by atoms with E-state index in [9.17, 15) is 4.79 Å². The minimum atomic E-state index is -0.507. The van der Waals surface area contributed by atoms with Gasteiger partial charge in [-0.05, 0) is 19.3 Å². The molecule has 11 heavy (non-hydrogen) atoms. The van der Waals surface area contributed by atoms with Crippen molar-refractivity contribution in [3.63, 3.8) is 0 Å². The quantitative estimate of drug-likeness (QED) is 0.570. The van der Waals surface area contributed by atoms with Crippen LogP contribution in [-0.4, -0.2) is 19.0 Å². The average molecular weight is 156 g/mol. The Bertz CT molecular complexity index is 163. The molecule has 1 rings (SSSR count). The van der Waals surface area contributed by atoms with Crippen LogP contribution in [0.4, 0.5) is 0 Å². The molecule has 1 aliphatic rings. The lowest BCUT2D eigenvalue weighted by Crippen LogP contribution is -2.43. The molecule has 0 N–H and O–H groups in total. The summed E-state index contributed by atoms with van der Waals surface area (Å²) in [6.07, 6.45) is 4.03. The fourth-order valence-electron chi connectivity index (χ4n) is 1.99. The van der Waals surface area contributed by atoms with Gasteiger partial charge in [0.05, 0.1) is 0 Å². The highest BCUT2D eigenvalue weighted by Crippen LogP contribution is 2.46. The van der Waals surface area contributed by atoms with E-state index < -0.39 is 5.60 Å². The van der Waals surface area contributed by atoms with Crippen LogP contribution in [0.15, 0.2) is 0 Å². The normalized spacial score (nSPS) is 35.5. The summed E-state index contributed by atoms with van der Waals surface area (Å²) >= 11 is 0. The van der Waals surface area contributed by atoms with Crippen molar-refractivity contribution in [1.82, 2.24) is 0 Å². The second-order valence-corrected chi connectivity index (χ2v) is 3.95. The van der Waals surface area contributed by atoms with E-state index in [1.54, 1.807) is 7.11 Å². The van der Waals surface area contributed by atoms with E-state index in [1.165, 1.54) is 0 Å². The topological polar surface area (TPSA) is 26.3 Å². The van der Waals surface area contributed by atoms with Gasteiger partial charge in [0.25, 0.3) is 0 Å². The van der Waals surface area contributed by atoms with Crippen LogP contribution >= 0.6 is 0 Å². The molecule has 2 nitrogen and oxygen atoms in total. The van der Waals surface area contributed by atoms with Crippen LogP contribution < -0.4 is 0 Å². The number of rotatable bonds is 2. The molecule has 0 saturated heterocycles. The smallest absolute Gasteiger partial charge is 0.152 e. The van der Waals surface area contributed by atoms with E-state index >= 15 is 0 Å². The Morgan fingerprint density at radius 2 is 2.00 bits per heavy atom. The molecular weight excluding hydrogens is 140 g/mol. The van der Waals surface area contributed by atoms with Gasteiger partial charge in [0.1, 0.15) is 5.60 Å². The van der Waals surface area contributed by atoms with Crippen molar-refractivity contribution in [2.24, 2.45) is 5.41 Å². The first-order chi connectivity index (χ1) is 5.08. The second-order valence-electron chi connectivity index (χ2n) is 3.95. The summed E-state index contributed by atoms with van der Waals surface area (Å²) in [5, 5.41) is 0. The first-order valence-electron chi connectivity index (χ1n) is 4.09. The van der Waals surface area contributed by atoms with E-state index in [1.807, 2.05) is 0 Å². The zero-order chi connectivity index (χ0) is 8.54. The monoisotopic (exact) mass is 156 g/mol. The molecule has 0 heterocycles. The summed E-state index contributed by atoms with van der Waals surface area (Å²) in [6.45, 7) is 4.19. The molecule has 1 unspecified atom stereocenters. The summed E-state index contributed by atoms with van der Waals surface area (Å²) in [5.74, 6) is 0. The molecule has 0 spiro atoms. The van der Waals surface area contributed by atoms with Gasteiger partial charge in [-0.1, -0.05) is 13.8 Å². The fourth-order valence-corrected chi connectivity index (χ4v) is 1.99. The molecule has 0 bridgehead atoms. The number of carbonyl (C=O) groups is 1. The molecule has 1 fully saturated rings. The lowest BCUT2D eigenvalue weighted by atomic mass is 9.78. The van der Waals surface area contributed by atoms with E-state index in [2.05, 4.69) is 13.8 Å². The Labute approximate surface area is 67.9 Å². The summed E-state index contributed by atoms with van der Waals surface area (Å²) in [4.78, 5) is 10.9. The Balaban J connectivity index is 2.90. The van der Waals surface area contributed by atoms with Gasteiger partial charge in [0.15, 0.2) is 6.29 Å². The van der Waals surface area contributed by atoms with Gasteiger partial charge in [0.2, 0.25) is 0 Å². The lowest BCUT2D eigenvalue weighted by Gasteiger charge is -2.35. The van der Waals surface area contributed by atoms with Gasteiger partial charge in [0, 0.05) is 12.5 Å². The number of hydrogen-bond acceptors (Lipinski definition) is 2. The minimum Gasteiger partial charge on any atom is -0.370 e. The number of hydrogen-bond donors (Lipinski definition) is 0. The summed E-state index contributed by atoms with van der Waals surface area (Å²) in [7, 11) is 1.63. The average Bonchev–Trinajstić information content (AvgIpc) is 2.26. The lowest BCUT2D eigenvalue weighted by molar-refractivity contribution is -0.138. The molecular formula is C9H16O2.